The first-order valence-corrected chi connectivity index (χ1v) is 6.41. The molecule has 6 heteroatoms. The van der Waals surface area contributed by atoms with Crippen LogP contribution in [0.5, 0.6) is 0 Å². The van der Waals surface area contributed by atoms with Crippen molar-refractivity contribution in [2.24, 2.45) is 0 Å². The fourth-order valence-corrected chi connectivity index (χ4v) is 2.74. The molecule has 1 N–H and O–H groups in total. The van der Waals surface area contributed by atoms with Crippen molar-refractivity contribution < 1.29 is 0 Å². The molecule has 0 atom stereocenters. The lowest BCUT2D eigenvalue weighted by Crippen LogP contribution is -1.74. The summed E-state index contributed by atoms with van der Waals surface area (Å²) in [5.41, 5.74) is 0. The quantitative estimate of drug-likeness (QED) is 0.758. The second-order valence-electron chi connectivity index (χ2n) is 3.23. The van der Waals surface area contributed by atoms with Crippen LogP contribution in [0.2, 0.25) is 0 Å². The van der Waals surface area contributed by atoms with Gasteiger partial charge in [-0.2, -0.15) is 5.10 Å². The minimum atomic E-state index is 0.717. The van der Waals surface area contributed by atoms with Crippen LogP contribution in [0.3, 0.4) is 0 Å². The van der Waals surface area contributed by atoms with Crippen molar-refractivity contribution in [1.82, 2.24) is 20.2 Å². The number of hydrogen-bond donors (Lipinski definition) is 1. The Balaban J connectivity index is 2.00. The smallest absolute Gasteiger partial charge is 0.193 e. The van der Waals surface area contributed by atoms with Crippen LogP contribution in [0.25, 0.3) is 21.4 Å². The number of aromatic nitrogens is 4. The van der Waals surface area contributed by atoms with Crippen molar-refractivity contribution in [3.8, 4) is 21.4 Å². The van der Waals surface area contributed by atoms with Crippen LogP contribution in [0, 0.1) is 6.92 Å². The van der Waals surface area contributed by atoms with Crippen molar-refractivity contribution in [1.29, 1.82) is 0 Å². The minimum absolute atomic E-state index is 0.717. The summed E-state index contributed by atoms with van der Waals surface area (Å²) in [5, 5.41) is 10.2. The summed E-state index contributed by atoms with van der Waals surface area (Å²) in [6, 6.07) is 4.02. The summed E-state index contributed by atoms with van der Waals surface area (Å²) in [7, 11) is 0. The summed E-state index contributed by atoms with van der Waals surface area (Å²) in [5.74, 6) is 1.53. The van der Waals surface area contributed by atoms with Crippen LogP contribution >= 0.6 is 22.7 Å². The number of thiazole rings is 1. The van der Waals surface area contributed by atoms with Crippen molar-refractivity contribution in [2.75, 3.05) is 0 Å². The second-order valence-corrected chi connectivity index (χ2v) is 5.41. The Labute approximate surface area is 100 Å². The molecule has 0 aliphatic heterocycles. The third-order valence-corrected chi connectivity index (χ3v) is 3.87. The van der Waals surface area contributed by atoms with E-state index in [-0.39, 0.29) is 0 Å². The van der Waals surface area contributed by atoms with Gasteiger partial charge in [0.25, 0.3) is 0 Å². The highest BCUT2D eigenvalue weighted by Crippen LogP contribution is 2.26. The van der Waals surface area contributed by atoms with E-state index in [1.54, 1.807) is 28.9 Å². The average molecular weight is 248 g/mol. The van der Waals surface area contributed by atoms with E-state index in [2.05, 4.69) is 20.2 Å². The highest BCUT2D eigenvalue weighted by Gasteiger charge is 2.10. The zero-order valence-corrected chi connectivity index (χ0v) is 10.1. The lowest BCUT2D eigenvalue weighted by atomic mass is 10.4. The molecule has 0 amide bonds. The Morgan fingerprint density at radius 1 is 1.31 bits per heavy atom. The molecule has 80 valence electrons. The highest BCUT2D eigenvalue weighted by molar-refractivity contribution is 7.15. The topological polar surface area (TPSA) is 54.5 Å². The summed E-state index contributed by atoms with van der Waals surface area (Å²) >= 11 is 3.24. The van der Waals surface area contributed by atoms with E-state index in [9.17, 15) is 0 Å². The van der Waals surface area contributed by atoms with Crippen molar-refractivity contribution in [3.05, 3.63) is 28.7 Å². The molecule has 3 aromatic rings. The zero-order chi connectivity index (χ0) is 11.0. The Morgan fingerprint density at radius 2 is 2.25 bits per heavy atom. The van der Waals surface area contributed by atoms with Gasteiger partial charge in [0, 0.05) is 6.20 Å². The largest absolute Gasteiger partial charge is 0.258 e. The molecule has 16 heavy (non-hydrogen) atoms. The van der Waals surface area contributed by atoms with Crippen LogP contribution < -0.4 is 0 Å². The molecule has 4 nitrogen and oxygen atoms in total. The molecular formula is C10H8N4S2. The number of nitrogens with zero attached hydrogens (tertiary/aromatic N) is 3. The van der Waals surface area contributed by atoms with Crippen molar-refractivity contribution in [2.45, 2.75) is 6.92 Å². The Bertz CT molecular complexity index is 594. The van der Waals surface area contributed by atoms with Gasteiger partial charge >= 0.3 is 0 Å². The van der Waals surface area contributed by atoms with E-state index in [0.29, 0.717) is 5.82 Å². The lowest BCUT2D eigenvalue weighted by Gasteiger charge is -1.85. The fraction of sp³-hybridized carbons (Fsp3) is 0.100. The predicted molar refractivity (Wildman–Crippen MR) is 65.5 cm³/mol. The Kier molecular flexibility index (Phi) is 2.30. The minimum Gasteiger partial charge on any atom is -0.258 e. The van der Waals surface area contributed by atoms with E-state index >= 15 is 0 Å². The standard InChI is InChI=1S/C10H8N4S2/c1-6-11-5-8(16-6)10-12-9(13-14-10)7-3-2-4-15-7/h2-5H,1H3,(H,12,13,14). The predicted octanol–water partition coefficient (Wildman–Crippen LogP) is 2.97. The lowest BCUT2D eigenvalue weighted by molar-refractivity contribution is 1.10. The molecule has 0 bridgehead atoms. The van der Waals surface area contributed by atoms with E-state index in [4.69, 9.17) is 0 Å². The van der Waals surface area contributed by atoms with Crippen LogP contribution in [0.1, 0.15) is 5.01 Å². The zero-order valence-electron chi connectivity index (χ0n) is 8.47. The molecule has 3 heterocycles. The maximum Gasteiger partial charge on any atom is 0.193 e. The third-order valence-electron chi connectivity index (χ3n) is 2.08. The Hall–Kier alpha value is -1.53. The molecule has 0 aliphatic carbocycles. The first-order valence-electron chi connectivity index (χ1n) is 4.72. The second kappa shape index (κ2) is 3.80. The monoisotopic (exact) mass is 248 g/mol. The van der Waals surface area contributed by atoms with Gasteiger partial charge in [0.15, 0.2) is 11.6 Å². The highest BCUT2D eigenvalue weighted by atomic mass is 32.1. The summed E-state index contributed by atoms with van der Waals surface area (Å²) in [4.78, 5) is 10.7. The SMILES string of the molecule is Cc1ncc(-c2n[nH]c(-c3cccs3)n2)s1. The van der Waals surface area contributed by atoms with Gasteiger partial charge in [0.05, 0.1) is 14.8 Å². The number of H-pyrrole nitrogens is 1. The van der Waals surface area contributed by atoms with Gasteiger partial charge in [-0.05, 0) is 18.4 Å². The number of rotatable bonds is 2. The van der Waals surface area contributed by atoms with Gasteiger partial charge in [-0.1, -0.05) is 6.07 Å². The van der Waals surface area contributed by atoms with Gasteiger partial charge in [0.1, 0.15) is 0 Å². The number of hydrogen-bond acceptors (Lipinski definition) is 5. The van der Waals surface area contributed by atoms with Crippen LogP contribution in [0.15, 0.2) is 23.7 Å². The number of aryl methyl sites for hydroxylation is 1. The Morgan fingerprint density at radius 3 is 2.94 bits per heavy atom. The van der Waals surface area contributed by atoms with E-state index in [0.717, 1.165) is 20.6 Å². The first-order chi connectivity index (χ1) is 7.83. The fourth-order valence-electron chi connectivity index (χ4n) is 1.36. The number of nitrogens with one attached hydrogen (secondary N) is 1. The molecule has 0 saturated heterocycles. The van der Waals surface area contributed by atoms with Gasteiger partial charge in [-0.15, -0.1) is 22.7 Å². The van der Waals surface area contributed by atoms with E-state index in [1.807, 2.05) is 24.4 Å². The molecule has 0 unspecified atom stereocenters. The molecular weight excluding hydrogens is 240 g/mol. The van der Waals surface area contributed by atoms with Gasteiger partial charge in [-0.3, -0.25) is 5.10 Å². The van der Waals surface area contributed by atoms with Crippen molar-refractivity contribution >= 4 is 22.7 Å². The first kappa shape index (κ1) is 9.68. The normalized spacial score (nSPS) is 10.8. The average Bonchev–Trinajstić information content (AvgIpc) is 2.97. The van der Waals surface area contributed by atoms with Crippen LogP contribution in [-0.4, -0.2) is 20.2 Å². The summed E-state index contributed by atoms with van der Waals surface area (Å²) in [6.45, 7) is 1.97. The molecule has 3 rings (SSSR count). The van der Waals surface area contributed by atoms with Crippen molar-refractivity contribution in [3.63, 3.8) is 0 Å². The third kappa shape index (κ3) is 1.66. The molecule has 3 aromatic heterocycles. The molecule has 0 spiro atoms. The number of aromatic amines is 1. The molecule has 0 fully saturated rings. The maximum atomic E-state index is 4.45. The van der Waals surface area contributed by atoms with Crippen LogP contribution in [-0.2, 0) is 0 Å². The van der Waals surface area contributed by atoms with E-state index < -0.39 is 0 Å². The maximum absolute atomic E-state index is 4.45. The summed E-state index contributed by atoms with van der Waals surface area (Å²) in [6.07, 6.45) is 1.81. The summed E-state index contributed by atoms with van der Waals surface area (Å²) < 4.78 is 0. The molecule has 0 aromatic carbocycles. The van der Waals surface area contributed by atoms with Crippen LogP contribution in [0.4, 0.5) is 0 Å². The number of thiophene rings is 1. The molecule has 0 radical (unpaired) electrons. The van der Waals surface area contributed by atoms with E-state index in [1.165, 1.54) is 0 Å². The molecule has 0 saturated carbocycles. The molecule has 0 aliphatic rings. The van der Waals surface area contributed by atoms with Gasteiger partial charge in [-0.25, -0.2) is 9.97 Å². The van der Waals surface area contributed by atoms with Gasteiger partial charge in [0.2, 0.25) is 0 Å². The van der Waals surface area contributed by atoms with Gasteiger partial charge < -0.3 is 0 Å².